The van der Waals surface area contributed by atoms with Gasteiger partial charge in [-0.05, 0) is 12.1 Å². The minimum atomic E-state index is 0.514. The Balaban J connectivity index is 2.08. The highest BCUT2D eigenvalue weighted by Gasteiger charge is 2.02. The molecule has 0 bridgehead atoms. The van der Waals surface area contributed by atoms with Gasteiger partial charge in [0.05, 0.1) is 12.1 Å². The molecule has 2 aromatic rings. The van der Waals surface area contributed by atoms with Crippen molar-refractivity contribution in [3.05, 3.63) is 24.3 Å². The van der Waals surface area contributed by atoms with Crippen LogP contribution in [0.5, 0.6) is 0 Å². The van der Waals surface area contributed by atoms with Gasteiger partial charge in [0.2, 0.25) is 0 Å². The third-order valence-electron chi connectivity index (χ3n) is 2.30. The van der Waals surface area contributed by atoms with Crippen molar-refractivity contribution in [3.63, 3.8) is 0 Å². The van der Waals surface area contributed by atoms with E-state index >= 15 is 0 Å². The molecule has 0 atom stereocenters. The first-order valence-electron chi connectivity index (χ1n) is 5.29. The van der Waals surface area contributed by atoms with E-state index in [4.69, 9.17) is 0 Å². The van der Waals surface area contributed by atoms with Crippen LogP contribution in [0, 0.1) is 0 Å². The molecular formula is C11H16N4. The quantitative estimate of drug-likeness (QED) is 0.819. The Morgan fingerprint density at radius 1 is 1.33 bits per heavy atom. The SMILES string of the molecule is CC(C)NCCn1nnc2ccccc21. The van der Waals surface area contributed by atoms with Gasteiger partial charge in [-0.2, -0.15) is 0 Å². The van der Waals surface area contributed by atoms with Crippen molar-refractivity contribution in [2.45, 2.75) is 26.4 Å². The maximum Gasteiger partial charge on any atom is 0.113 e. The van der Waals surface area contributed by atoms with Crippen LogP contribution in [0.3, 0.4) is 0 Å². The van der Waals surface area contributed by atoms with Gasteiger partial charge in [0, 0.05) is 12.6 Å². The zero-order valence-electron chi connectivity index (χ0n) is 9.14. The summed E-state index contributed by atoms with van der Waals surface area (Å²) in [5.74, 6) is 0. The molecule has 4 heteroatoms. The average molecular weight is 204 g/mol. The van der Waals surface area contributed by atoms with Crippen LogP contribution >= 0.6 is 0 Å². The topological polar surface area (TPSA) is 42.7 Å². The van der Waals surface area contributed by atoms with Crippen LogP contribution in [0.25, 0.3) is 11.0 Å². The molecule has 0 spiro atoms. The van der Waals surface area contributed by atoms with Gasteiger partial charge in [0.1, 0.15) is 5.52 Å². The first-order valence-corrected chi connectivity index (χ1v) is 5.29. The molecule has 15 heavy (non-hydrogen) atoms. The highest BCUT2D eigenvalue weighted by molar-refractivity contribution is 5.73. The lowest BCUT2D eigenvalue weighted by Crippen LogP contribution is -2.26. The predicted molar refractivity (Wildman–Crippen MR) is 60.7 cm³/mol. The maximum atomic E-state index is 4.12. The van der Waals surface area contributed by atoms with Crippen LogP contribution in [0.2, 0.25) is 0 Å². The minimum Gasteiger partial charge on any atom is -0.313 e. The number of nitrogens with one attached hydrogen (secondary N) is 1. The van der Waals surface area contributed by atoms with Crippen molar-refractivity contribution < 1.29 is 0 Å². The first-order chi connectivity index (χ1) is 7.27. The number of benzene rings is 1. The fourth-order valence-electron chi connectivity index (χ4n) is 1.54. The second kappa shape index (κ2) is 4.40. The van der Waals surface area contributed by atoms with Gasteiger partial charge in [-0.15, -0.1) is 5.10 Å². The molecule has 1 aromatic carbocycles. The summed E-state index contributed by atoms with van der Waals surface area (Å²) in [6.07, 6.45) is 0. The summed E-state index contributed by atoms with van der Waals surface area (Å²) < 4.78 is 1.94. The number of hydrogen-bond donors (Lipinski definition) is 1. The summed E-state index contributed by atoms with van der Waals surface area (Å²) in [5, 5.41) is 11.6. The second-order valence-corrected chi connectivity index (χ2v) is 3.91. The summed E-state index contributed by atoms with van der Waals surface area (Å²) in [6, 6.07) is 8.53. The lowest BCUT2D eigenvalue weighted by molar-refractivity contribution is 0.514. The zero-order chi connectivity index (χ0) is 10.7. The number of aromatic nitrogens is 3. The Labute approximate surface area is 89.3 Å². The van der Waals surface area contributed by atoms with Gasteiger partial charge in [-0.25, -0.2) is 4.68 Å². The summed E-state index contributed by atoms with van der Waals surface area (Å²) in [4.78, 5) is 0. The minimum absolute atomic E-state index is 0.514. The van der Waals surface area contributed by atoms with Crippen LogP contribution in [0.1, 0.15) is 13.8 Å². The molecule has 0 amide bonds. The molecule has 0 aliphatic rings. The largest absolute Gasteiger partial charge is 0.313 e. The summed E-state index contributed by atoms with van der Waals surface area (Å²) in [6.45, 7) is 6.06. The van der Waals surface area contributed by atoms with E-state index in [-0.39, 0.29) is 0 Å². The molecule has 1 aromatic heterocycles. The standard InChI is InChI=1S/C11H16N4/c1-9(2)12-7-8-15-11-6-4-3-5-10(11)13-14-15/h3-6,9,12H,7-8H2,1-2H3. The lowest BCUT2D eigenvalue weighted by atomic mass is 10.3. The van der Waals surface area contributed by atoms with E-state index < -0.39 is 0 Å². The molecule has 0 fully saturated rings. The molecule has 80 valence electrons. The van der Waals surface area contributed by atoms with Gasteiger partial charge in [-0.1, -0.05) is 31.2 Å². The average Bonchev–Trinajstić information content (AvgIpc) is 2.62. The van der Waals surface area contributed by atoms with E-state index in [9.17, 15) is 0 Å². The molecule has 0 aliphatic carbocycles. The van der Waals surface area contributed by atoms with E-state index in [2.05, 4.69) is 29.5 Å². The molecule has 0 unspecified atom stereocenters. The Bertz CT molecular complexity index is 433. The summed E-state index contributed by atoms with van der Waals surface area (Å²) in [5.41, 5.74) is 2.06. The number of fused-ring (bicyclic) bond motifs is 1. The van der Waals surface area contributed by atoms with E-state index in [0.29, 0.717) is 6.04 Å². The molecule has 0 radical (unpaired) electrons. The fraction of sp³-hybridized carbons (Fsp3) is 0.455. The van der Waals surface area contributed by atoms with Crippen LogP contribution in [-0.4, -0.2) is 27.6 Å². The Hall–Kier alpha value is -1.42. The van der Waals surface area contributed by atoms with Crippen LogP contribution < -0.4 is 5.32 Å². The van der Waals surface area contributed by atoms with E-state index in [1.807, 2.05) is 28.9 Å². The first kappa shape index (κ1) is 10.1. The van der Waals surface area contributed by atoms with Gasteiger partial charge in [0.25, 0.3) is 0 Å². The molecular weight excluding hydrogens is 188 g/mol. The predicted octanol–water partition coefficient (Wildman–Crippen LogP) is 1.43. The molecule has 1 heterocycles. The number of hydrogen-bond acceptors (Lipinski definition) is 3. The normalized spacial score (nSPS) is 11.4. The van der Waals surface area contributed by atoms with Crippen LogP contribution in [-0.2, 0) is 6.54 Å². The Morgan fingerprint density at radius 2 is 2.13 bits per heavy atom. The molecule has 0 saturated heterocycles. The molecule has 0 aliphatic heterocycles. The monoisotopic (exact) mass is 204 g/mol. The summed E-state index contributed by atoms with van der Waals surface area (Å²) >= 11 is 0. The van der Waals surface area contributed by atoms with E-state index in [1.165, 1.54) is 0 Å². The van der Waals surface area contributed by atoms with Crippen LogP contribution in [0.4, 0.5) is 0 Å². The van der Waals surface area contributed by atoms with Crippen molar-refractivity contribution in [3.8, 4) is 0 Å². The molecule has 1 N–H and O–H groups in total. The number of para-hydroxylation sites is 1. The maximum absolute atomic E-state index is 4.12. The van der Waals surface area contributed by atoms with Crippen molar-refractivity contribution in [1.82, 2.24) is 20.3 Å². The third-order valence-corrected chi connectivity index (χ3v) is 2.30. The number of rotatable bonds is 4. The van der Waals surface area contributed by atoms with E-state index in [1.54, 1.807) is 0 Å². The molecule has 0 saturated carbocycles. The van der Waals surface area contributed by atoms with Gasteiger partial charge < -0.3 is 5.32 Å². The second-order valence-electron chi connectivity index (χ2n) is 3.91. The van der Waals surface area contributed by atoms with Crippen molar-refractivity contribution in [2.24, 2.45) is 0 Å². The third kappa shape index (κ3) is 2.33. The van der Waals surface area contributed by atoms with Crippen molar-refractivity contribution >= 4 is 11.0 Å². The fourth-order valence-corrected chi connectivity index (χ4v) is 1.54. The highest BCUT2D eigenvalue weighted by Crippen LogP contribution is 2.08. The molecule has 2 rings (SSSR count). The Kier molecular flexibility index (Phi) is 2.97. The van der Waals surface area contributed by atoms with Gasteiger partial charge >= 0.3 is 0 Å². The smallest absolute Gasteiger partial charge is 0.113 e. The van der Waals surface area contributed by atoms with Crippen molar-refractivity contribution in [1.29, 1.82) is 0 Å². The van der Waals surface area contributed by atoms with Gasteiger partial charge in [-0.3, -0.25) is 0 Å². The van der Waals surface area contributed by atoms with Crippen LogP contribution in [0.15, 0.2) is 24.3 Å². The highest BCUT2D eigenvalue weighted by atomic mass is 15.4. The summed E-state index contributed by atoms with van der Waals surface area (Å²) in [7, 11) is 0. The van der Waals surface area contributed by atoms with Gasteiger partial charge in [0.15, 0.2) is 0 Å². The Morgan fingerprint density at radius 3 is 2.93 bits per heavy atom. The lowest BCUT2D eigenvalue weighted by Gasteiger charge is -2.07. The van der Waals surface area contributed by atoms with Crippen molar-refractivity contribution in [2.75, 3.05) is 6.54 Å². The van der Waals surface area contributed by atoms with E-state index in [0.717, 1.165) is 24.1 Å². The zero-order valence-corrected chi connectivity index (χ0v) is 9.14. The number of nitrogens with zero attached hydrogens (tertiary/aromatic N) is 3. The molecule has 4 nitrogen and oxygen atoms in total.